The number of benzene rings is 1. The lowest BCUT2D eigenvalue weighted by Gasteiger charge is -2.35. The number of piperidine rings is 1. The minimum Gasteiger partial charge on any atom is -0.339 e. The Hall–Kier alpha value is -2.37. The van der Waals surface area contributed by atoms with E-state index in [1.54, 1.807) is 24.3 Å². The van der Waals surface area contributed by atoms with Crippen molar-refractivity contribution >= 4 is 29.1 Å². The van der Waals surface area contributed by atoms with Gasteiger partial charge in [-0.25, -0.2) is 0 Å². The Balaban J connectivity index is 1.88. The fourth-order valence-corrected chi connectivity index (χ4v) is 3.04. The lowest BCUT2D eigenvalue weighted by molar-refractivity contribution is -0.137. The van der Waals surface area contributed by atoms with Crippen LogP contribution in [0.1, 0.15) is 46.0 Å². The number of carbonyl (C=O) groups excluding carboxylic acids is 3. The van der Waals surface area contributed by atoms with Crippen molar-refractivity contribution in [1.82, 2.24) is 4.90 Å². The van der Waals surface area contributed by atoms with Crippen LogP contribution in [0.15, 0.2) is 24.3 Å². The van der Waals surface area contributed by atoms with Gasteiger partial charge in [0.25, 0.3) is 0 Å². The van der Waals surface area contributed by atoms with E-state index in [-0.39, 0.29) is 30.2 Å². The summed E-state index contributed by atoms with van der Waals surface area (Å²) in [6, 6.07) is 7.07. The van der Waals surface area contributed by atoms with Crippen LogP contribution in [0.2, 0.25) is 0 Å². The molecule has 0 aliphatic carbocycles. The molecule has 6 nitrogen and oxygen atoms in total. The molecule has 1 aliphatic heterocycles. The average molecular weight is 331 g/mol. The first-order valence-electron chi connectivity index (χ1n) is 8.46. The van der Waals surface area contributed by atoms with Crippen LogP contribution in [-0.4, -0.2) is 35.2 Å². The summed E-state index contributed by atoms with van der Waals surface area (Å²) in [5, 5.41) is 5.39. The highest BCUT2D eigenvalue weighted by molar-refractivity contribution is 6.03. The summed E-state index contributed by atoms with van der Waals surface area (Å²) in [5.74, 6) is -0.564. The van der Waals surface area contributed by atoms with Gasteiger partial charge in [-0.2, -0.15) is 0 Å². The van der Waals surface area contributed by atoms with E-state index >= 15 is 0 Å². The van der Waals surface area contributed by atoms with Crippen LogP contribution in [0.25, 0.3) is 0 Å². The first-order valence-corrected chi connectivity index (χ1v) is 8.46. The highest BCUT2D eigenvalue weighted by atomic mass is 16.2. The van der Waals surface area contributed by atoms with E-state index in [9.17, 15) is 14.4 Å². The Bertz CT molecular complexity index is 598. The first kappa shape index (κ1) is 18.0. The van der Waals surface area contributed by atoms with Crippen LogP contribution >= 0.6 is 0 Å². The minimum absolute atomic E-state index is 0.103. The predicted octanol–water partition coefficient (Wildman–Crippen LogP) is 2.76. The molecule has 1 aromatic carbocycles. The summed E-state index contributed by atoms with van der Waals surface area (Å²) in [6.07, 6.45) is 3.97. The van der Waals surface area contributed by atoms with Crippen LogP contribution in [0.5, 0.6) is 0 Å². The lowest BCUT2D eigenvalue weighted by Crippen LogP contribution is -2.44. The molecule has 1 fully saturated rings. The van der Waals surface area contributed by atoms with Crippen LogP contribution in [0, 0.1) is 0 Å². The normalized spacial score (nSPS) is 17.2. The smallest absolute Gasteiger partial charge is 0.233 e. The van der Waals surface area contributed by atoms with Crippen molar-refractivity contribution in [3.8, 4) is 0 Å². The summed E-state index contributed by atoms with van der Waals surface area (Å²) in [4.78, 5) is 37.3. The molecule has 1 heterocycles. The zero-order valence-corrected chi connectivity index (χ0v) is 14.3. The maximum Gasteiger partial charge on any atom is 0.233 e. The molecule has 1 atom stereocenters. The lowest BCUT2D eigenvalue weighted by atomic mass is 9.99. The largest absolute Gasteiger partial charge is 0.339 e. The monoisotopic (exact) mass is 331 g/mol. The minimum atomic E-state index is -0.312. The molecule has 1 aromatic rings. The maximum atomic E-state index is 12.4. The number of carbonyl (C=O) groups is 3. The van der Waals surface area contributed by atoms with E-state index in [0.29, 0.717) is 11.4 Å². The third kappa shape index (κ3) is 5.08. The third-order valence-electron chi connectivity index (χ3n) is 4.22. The highest BCUT2D eigenvalue weighted by Crippen LogP contribution is 2.20. The van der Waals surface area contributed by atoms with E-state index < -0.39 is 0 Å². The number of nitrogens with one attached hydrogen (secondary N) is 2. The van der Waals surface area contributed by atoms with Crippen molar-refractivity contribution in [3.63, 3.8) is 0 Å². The molecule has 130 valence electrons. The van der Waals surface area contributed by atoms with Gasteiger partial charge in [-0.3, -0.25) is 14.4 Å². The Labute approximate surface area is 142 Å². The van der Waals surface area contributed by atoms with E-state index in [4.69, 9.17) is 0 Å². The second kappa shape index (κ2) is 8.47. The molecule has 0 saturated carbocycles. The Kier molecular flexibility index (Phi) is 6.35. The van der Waals surface area contributed by atoms with Crippen molar-refractivity contribution in [2.24, 2.45) is 0 Å². The second-order valence-electron chi connectivity index (χ2n) is 6.13. The van der Waals surface area contributed by atoms with Gasteiger partial charge in [-0.15, -0.1) is 0 Å². The van der Waals surface area contributed by atoms with Crippen molar-refractivity contribution in [1.29, 1.82) is 0 Å². The van der Waals surface area contributed by atoms with Gasteiger partial charge in [-0.05, 0) is 49.9 Å². The van der Waals surface area contributed by atoms with E-state index in [1.165, 1.54) is 6.92 Å². The fourth-order valence-electron chi connectivity index (χ4n) is 3.04. The van der Waals surface area contributed by atoms with Crippen molar-refractivity contribution in [2.75, 3.05) is 17.2 Å². The summed E-state index contributed by atoms with van der Waals surface area (Å²) in [7, 11) is 0. The molecule has 2 rings (SSSR count). The van der Waals surface area contributed by atoms with Crippen molar-refractivity contribution in [2.45, 2.75) is 52.0 Å². The van der Waals surface area contributed by atoms with Gasteiger partial charge < -0.3 is 15.5 Å². The molecule has 0 radical (unpaired) electrons. The Morgan fingerprint density at radius 2 is 1.71 bits per heavy atom. The van der Waals surface area contributed by atoms with Crippen LogP contribution in [0.3, 0.4) is 0 Å². The molecular formula is C18H25N3O3. The molecule has 3 amide bonds. The topological polar surface area (TPSA) is 78.5 Å². The van der Waals surface area contributed by atoms with E-state index in [2.05, 4.69) is 17.6 Å². The van der Waals surface area contributed by atoms with Gasteiger partial charge in [0.05, 0.1) is 0 Å². The van der Waals surface area contributed by atoms with Gasteiger partial charge in [0.15, 0.2) is 0 Å². The van der Waals surface area contributed by atoms with Gasteiger partial charge >= 0.3 is 0 Å². The third-order valence-corrected chi connectivity index (χ3v) is 4.22. The number of nitrogens with zero attached hydrogens (tertiary/aromatic N) is 1. The number of anilines is 2. The number of hydrogen-bond donors (Lipinski definition) is 2. The summed E-state index contributed by atoms with van der Waals surface area (Å²) >= 11 is 0. The van der Waals surface area contributed by atoms with Gasteiger partial charge in [0, 0.05) is 30.9 Å². The molecule has 1 unspecified atom stereocenters. The molecule has 24 heavy (non-hydrogen) atoms. The SMILES string of the molecule is CCC1CCCCN1C(=O)CC(=O)Nc1ccc(NC(C)=O)cc1. The molecule has 1 saturated heterocycles. The Morgan fingerprint density at radius 3 is 2.29 bits per heavy atom. The van der Waals surface area contributed by atoms with Gasteiger partial charge in [0.1, 0.15) is 6.42 Å². The van der Waals surface area contributed by atoms with Gasteiger partial charge in [-0.1, -0.05) is 6.92 Å². The van der Waals surface area contributed by atoms with Crippen LogP contribution < -0.4 is 10.6 Å². The zero-order chi connectivity index (χ0) is 17.5. The highest BCUT2D eigenvalue weighted by Gasteiger charge is 2.26. The van der Waals surface area contributed by atoms with Gasteiger partial charge in [0.2, 0.25) is 17.7 Å². The van der Waals surface area contributed by atoms with E-state index in [1.807, 2.05) is 4.90 Å². The molecule has 0 spiro atoms. The molecular weight excluding hydrogens is 306 g/mol. The predicted molar refractivity (Wildman–Crippen MR) is 93.6 cm³/mol. The first-order chi connectivity index (χ1) is 11.5. The zero-order valence-electron chi connectivity index (χ0n) is 14.3. The Morgan fingerprint density at radius 1 is 1.08 bits per heavy atom. The molecule has 2 N–H and O–H groups in total. The van der Waals surface area contributed by atoms with Crippen molar-refractivity contribution < 1.29 is 14.4 Å². The average Bonchev–Trinajstić information content (AvgIpc) is 2.56. The summed E-state index contributed by atoms with van der Waals surface area (Å²) in [5.41, 5.74) is 1.27. The van der Waals surface area contributed by atoms with E-state index in [0.717, 1.165) is 32.2 Å². The number of hydrogen-bond acceptors (Lipinski definition) is 3. The number of likely N-dealkylation sites (tertiary alicyclic amines) is 1. The standard InChI is InChI=1S/C18H25N3O3/c1-3-16-6-4-5-11-21(16)18(24)12-17(23)20-15-9-7-14(8-10-15)19-13(2)22/h7-10,16H,3-6,11-12H2,1-2H3,(H,19,22)(H,20,23). The van der Waals surface area contributed by atoms with Crippen LogP contribution in [-0.2, 0) is 14.4 Å². The number of rotatable bonds is 5. The summed E-state index contributed by atoms with van der Waals surface area (Å²) < 4.78 is 0. The molecule has 0 bridgehead atoms. The summed E-state index contributed by atoms with van der Waals surface area (Å²) in [6.45, 7) is 4.26. The number of amides is 3. The molecule has 1 aliphatic rings. The maximum absolute atomic E-state index is 12.4. The molecule has 6 heteroatoms. The quantitative estimate of drug-likeness (QED) is 0.814. The fraction of sp³-hybridized carbons (Fsp3) is 0.500. The van der Waals surface area contributed by atoms with Crippen molar-refractivity contribution in [3.05, 3.63) is 24.3 Å². The second-order valence-corrected chi connectivity index (χ2v) is 6.13. The van der Waals surface area contributed by atoms with Crippen LogP contribution in [0.4, 0.5) is 11.4 Å². The molecule has 0 aromatic heterocycles.